The minimum Gasteiger partial charge on any atom is -0.406 e. The van der Waals surface area contributed by atoms with Crippen LogP contribution in [0.5, 0.6) is 5.75 Å². The number of hydrogen-bond donors (Lipinski definition) is 1. The second-order valence-corrected chi connectivity index (χ2v) is 6.48. The number of hydrogen-bond acceptors (Lipinski definition) is 4. The summed E-state index contributed by atoms with van der Waals surface area (Å²) in [7, 11) is 0. The molecule has 0 spiro atoms. The van der Waals surface area contributed by atoms with E-state index in [1.807, 2.05) is 0 Å². The molecule has 0 saturated heterocycles. The Morgan fingerprint density at radius 3 is 2.39 bits per heavy atom. The minimum absolute atomic E-state index is 0.0411. The van der Waals surface area contributed by atoms with E-state index in [1.54, 1.807) is 54.6 Å². The van der Waals surface area contributed by atoms with E-state index in [0.29, 0.717) is 11.1 Å². The largest absolute Gasteiger partial charge is 0.573 e. The number of halogens is 3. The van der Waals surface area contributed by atoms with Crippen LogP contribution in [0.2, 0.25) is 0 Å². The zero-order chi connectivity index (χ0) is 22.0. The number of para-hydroxylation sites is 1. The van der Waals surface area contributed by atoms with Gasteiger partial charge in [0.1, 0.15) is 5.75 Å². The molecule has 0 atom stereocenters. The minimum atomic E-state index is -4.88. The summed E-state index contributed by atoms with van der Waals surface area (Å²) in [4.78, 5) is 30.2. The molecule has 31 heavy (non-hydrogen) atoms. The molecule has 0 saturated carbocycles. The Hall–Kier alpha value is -4.14. The summed E-state index contributed by atoms with van der Waals surface area (Å²) in [6, 6.07) is 19.7. The zero-order valence-electron chi connectivity index (χ0n) is 15.8. The molecule has 3 aromatic carbocycles. The smallest absolute Gasteiger partial charge is 0.406 e. The highest BCUT2D eigenvalue weighted by Crippen LogP contribution is 2.27. The highest BCUT2D eigenvalue weighted by Gasteiger charge is 2.31. The van der Waals surface area contributed by atoms with Gasteiger partial charge in [-0.1, -0.05) is 42.5 Å². The summed E-state index contributed by atoms with van der Waals surface area (Å²) in [6.07, 6.45) is -4.88. The summed E-state index contributed by atoms with van der Waals surface area (Å²) in [5.74, 6) is -1.10. The van der Waals surface area contributed by atoms with Gasteiger partial charge in [0.25, 0.3) is 11.5 Å². The van der Waals surface area contributed by atoms with Gasteiger partial charge >= 0.3 is 6.36 Å². The van der Waals surface area contributed by atoms with Crippen molar-refractivity contribution in [1.82, 2.24) is 9.66 Å². The molecule has 6 nitrogen and oxygen atoms in total. The molecule has 9 heteroatoms. The molecule has 0 aliphatic heterocycles. The van der Waals surface area contributed by atoms with Crippen LogP contribution in [0.3, 0.4) is 0 Å². The van der Waals surface area contributed by atoms with Gasteiger partial charge in [0, 0.05) is 11.1 Å². The second-order valence-electron chi connectivity index (χ2n) is 6.48. The standard InChI is InChI=1S/C22H14F3N3O3/c23-22(24,25)31-16-10-6-9-15(13-16)19-26-18-12-5-4-11-17(18)21(30)28(19)27-20(29)14-7-2-1-3-8-14/h1-13H,(H,27,29). The lowest BCUT2D eigenvalue weighted by atomic mass is 10.1. The fraction of sp³-hybridized carbons (Fsp3) is 0.0455. The van der Waals surface area contributed by atoms with Crippen molar-refractivity contribution in [2.24, 2.45) is 0 Å². The molecule has 1 aromatic heterocycles. The number of nitrogens with one attached hydrogen (secondary N) is 1. The third kappa shape index (κ3) is 4.40. The maximum Gasteiger partial charge on any atom is 0.573 e. The average Bonchev–Trinajstić information content (AvgIpc) is 2.75. The van der Waals surface area contributed by atoms with Crippen LogP contribution >= 0.6 is 0 Å². The molecule has 1 amide bonds. The lowest BCUT2D eigenvalue weighted by molar-refractivity contribution is -0.274. The Morgan fingerprint density at radius 1 is 0.935 bits per heavy atom. The number of alkyl halides is 3. The topological polar surface area (TPSA) is 73.2 Å². The summed E-state index contributed by atoms with van der Waals surface area (Å²) in [6.45, 7) is 0. The highest BCUT2D eigenvalue weighted by atomic mass is 19.4. The Morgan fingerprint density at radius 2 is 1.65 bits per heavy atom. The van der Waals surface area contributed by atoms with Gasteiger partial charge in [0.05, 0.1) is 10.9 Å². The lowest BCUT2D eigenvalue weighted by Crippen LogP contribution is -2.35. The third-order valence-electron chi connectivity index (χ3n) is 4.35. The third-order valence-corrected chi connectivity index (χ3v) is 4.35. The summed E-state index contributed by atoms with van der Waals surface area (Å²) in [5.41, 5.74) is 2.69. The molecule has 4 rings (SSSR count). The average molecular weight is 425 g/mol. The number of benzene rings is 3. The Bertz CT molecular complexity index is 1320. The number of ether oxygens (including phenoxy) is 1. The maximum absolute atomic E-state index is 13.1. The highest BCUT2D eigenvalue weighted by molar-refractivity contribution is 6.00. The van der Waals surface area contributed by atoms with Gasteiger partial charge < -0.3 is 4.74 Å². The van der Waals surface area contributed by atoms with Gasteiger partial charge in [-0.15, -0.1) is 13.2 Å². The molecule has 0 fully saturated rings. The van der Waals surface area contributed by atoms with Gasteiger partial charge in [-0.25, -0.2) is 4.98 Å². The number of fused-ring (bicyclic) bond motifs is 1. The zero-order valence-corrected chi connectivity index (χ0v) is 15.8. The molecule has 1 heterocycles. The van der Waals surface area contributed by atoms with Crippen LogP contribution in [-0.2, 0) is 0 Å². The SMILES string of the molecule is O=C(Nn1c(-c2cccc(OC(F)(F)F)c2)nc2ccccc2c1=O)c1ccccc1. The number of nitrogens with zero attached hydrogens (tertiary/aromatic N) is 2. The van der Waals surface area contributed by atoms with Crippen molar-refractivity contribution < 1.29 is 22.7 Å². The second kappa shape index (κ2) is 7.94. The number of amides is 1. The number of carbonyl (C=O) groups excluding carboxylic acids is 1. The lowest BCUT2D eigenvalue weighted by Gasteiger charge is -2.15. The van der Waals surface area contributed by atoms with Crippen LogP contribution in [-0.4, -0.2) is 21.9 Å². The molecule has 0 unspecified atom stereocenters. The molecule has 4 aromatic rings. The molecule has 0 aliphatic carbocycles. The van der Waals surface area contributed by atoms with Gasteiger partial charge in [-0.3, -0.25) is 15.0 Å². The first-order chi connectivity index (χ1) is 14.8. The van der Waals surface area contributed by atoms with Crippen LogP contribution in [0.4, 0.5) is 13.2 Å². The fourth-order valence-corrected chi connectivity index (χ4v) is 3.02. The monoisotopic (exact) mass is 425 g/mol. The van der Waals surface area contributed by atoms with Crippen LogP contribution in [0, 0.1) is 0 Å². The molecular weight excluding hydrogens is 411 g/mol. The number of rotatable bonds is 4. The van der Waals surface area contributed by atoms with E-state index in [2.05, 4.69) is 15.1 Å². The summed E-state index contributed by atoms with van der Waals surface area (Å²) >= 11 is 0. The quantitative estimate of drug-likeness (QED) is 0.528. The van der Waals surface area contributed by atoms with Gasteiger partial charge in [0.15, 0.2) is 5.82 Å². The molecule has 0 bridgehead atoms. The first kappa shape index (κ1) is 20.1. The van der Waals surface area contributed by atoms with Gasteiger partial charge in [-0.2, -0.15) is 4.68 Å². The van der Waals surface area contributed by atoms with E-state index >= 15 is 0 Å². The van der Waals surface area contributed by atoms with Crippen molar-refractivity contribution >= 4 is 16.8 Å². The van der Waals surface area contributed by atoms with E-state index in [-0.39, 0.29) is 16.8 Å². The summed E-state index contributed by atoms with van der Waals surface area (Å²) in [5, 5.41) is 0.238. The Balaban J connectivity index is 1.86. The van der Waals surface area contributed by atoms with Crippen molar-refractivity contribution in [1.29, 1.82) is 0 Å². The van der Waals surface area contributed by atoms with E-state index in [4.69, 9.17) is 0 Å². The number of aromatic nitrogens is 2. The number of carbonyl (C=O) groups is 1. The van der Waals surface area contributed by atoms with Crippen molar-refractivity contribution in [3.05, 3.63) is 94.8 Å². The van der Waals surface area contributed by atoms with Crippen molar-refractivity contribution in [3.63, 3.8) is 0 Å². The predicted molar refractivity (Wildman–Crippen MR) is 108 cm³/mol. The van der Waals surface area contributed by atoms with Crippen LogP contribution in [0.25, 0.3) is 22.3 Å². The van der Waals surface area contributed by atoms with Crippen molar-refractivity contribution in [2.75, 3.05) is 5.43 Å². The maximum atomic E-state index is 13.1. The van der Waals surface area contributed by atoms with E-state index in [1.165, 1.54) is 12.1 Å². The molecule has 0 radical (unpaired) electrons. The first-order valence-corrected chi connectivity index (χ1v) is 9.06. The molecule has 156 valence electrons. The van der Waals surface area contributed by atoms with Crippen molar-refractivity contribution in [3.8, 4) is 17.1 Å². The van der Waals surface area contributed by atoms with Crippen LogP contribution in [0.1, 0.15) is 10.4 Å². The Kier molecular flexibility index (Phi) is 5.16. The molecular formula is C22H14F3N3O3. The van der Waals surface area contributed by atoms with E-state index < -0.39 is 23.6 Å². The van der Waals surface area contributed by atoms with Crippen molar-refractivity contribution in [2.45, 2.75) is 6.36 Å². The van der Waals surface area contributed by atoms with Gasteiger partial charge in [0.2, 0.25) is 0 Å². The normalized spacial score (nSPS) is 11.3. The molecule has 0 aliphatic rings. The fourth-order valence-electron chi connectivity index (χ4n) is 3.02. The first-order valence-electron chi connectivity index (χ1n) is 9.06. The summed E-state index contributed by atoms with van der Waals surface area (Å²) < 4.78 is 42.8. The van der Waals surface area contributed by atoms with E-state index in [9.17, 15) is 22.8 Å². The predicted octanol–water partition coefficient (Wildman–Crippen LogP) is 4.35. The van der Waals surface area contributed by atoms with E-state index in [0.717, 1.165) is 16.8 Å². The van der Waals surface area contributed by atoms with Crippen LogP contribution < -0.4 is 15.7 Å². The Labute approximate surface area is 173 Å². The van der Waals surface area contributed by atoms with Crippen LogP contribution in [0.15, 0.2) is 83.7 Å². The van der Waals surface area contributed by atoms with Gasteiger partial charge in [-0.05, 0) is 36.4 Å². The molecule has 1 N–H and O–H groups in total.